The van der Waals surface area contributed by atoms with Crippen LogP contribution in [-0.4, -0.2) is 13.1 Å². The van der Waals surface area contributed by atoms with E-state index in [2.05, 4.69) is 4.74 Å². The van der Waals surface area contributed by atoms with E-state index in [1.54, 1.807) is 0 Å². The minimum absolute atomic E-state index is 0.522. The molecule has 0 radical (unpaired) electrons. The third-order valence-corrected chi connectivity index (χ3v) is 2.46. The Morgan fingerprint density at radius 3 is 2.22 bits per heavy atom. The fourth-order valence-electron chi connectivity index (χ4n) is 1.46. The van der Waals surface area contributed by atoms with Gasteiger partial charge in [-0.2, -0.15) is 13.2 Å². The highest BCUT2D eigenvalue weighted by Crippen LogP contribution is 2.30. The summed E-state index contributed by atoms with van der Waals surface area (Å²) in [6.45, 7) is 1.81. The molecule has 98 valence electrons. The minimum Gasteiger partial charge on any atom is -0.466 e. The van der Waals surface area contributed by atoms with E-state index in [9.17, 15) is 18.0 Å². The molecule has 0 fully saturated rings. The van der Waals surface area contributed by atoms with Crippen LogP contribution >= 0.6 is 0 Å². The van der Waals surface area contributed by atoms with Crippen molar-refractivity contribution < 1.29 is 22.7 Å². The number of alkyl halides is 3. The van der Waals surface area contributed by atoms with Crippen LogP contribution in [0.5, 0.6) is 0 Å². The van der Waals surface area contributed by atoms with Crippen LogP contribution in [0.15, 0.2) is 30.3 Å². The number of ether oxygens (including phenoxy) is 1. The lowest BCUT2D eigenvalue weighted by Crippen LogP contribution is -2.04. The summed E-state index contributed by atoms with van der Waals surface area (Å²) < 4.78 is 41.6. The van der Waals surface area contributed by atoms with Crippen molar-refractivity contribution in [2.75, 3.05) is 7.11 Å². The number of esters is 1. The first-order chi connectivity index (χ1) is 8.38. The van der Waals surface area contributed by atoms with Crippen molar-refractivity contribution in [1.82, 2.24) is 0 Å². The molecule has 18 heavy (non-hydrogen) atoms. The van der Waals surface area contributed by atoms with Gasteiger partial charge in [0.25, 0.3) is 0 Å². The molecule has 0 amide bonds. The maximum Gasteiger partial charge on any atom is 0.416 e. The zero-order valence-electron chi connectivity index (χ0n) is 10.0. The van der Waals surface area contributed by atoms with Gasteiger partial charge in [-0.15, -0.1) is 0 Å². The van der Waals surface area contributed by atoms with E-state index in [-0.39, 0.29) is 0 Å². The van der Waals surface area contributed by atoms with Gasteiger partial charge in [0.2, 0.25) is 0 Å². The number of halogens is 3. The van der Waals surface area contributed by atoms with Crippen molar-refractivity contribution >= 4 is 11.5 Å². The van der Waals surface area contributed by atoms with Crippen LogP contribution in [-0.2, 0) is 15.7 Å². The van der Waals surface area contributed by atoms with Gasteiger partial charge >= 0.3 is 12.1 Å². The maximum atomic E-state index is 12.4. The van der Waals surface area contributed by atoms with Gasteiger partial charge in [-0.25, -0.2) is 4.79 Å². The first-order valence-corrected chi connectivity index (χ1v) is 5.34. The number of carbonyl (C=O) groups is 1. The van der Waals surface area contributed by atoms with E-state index in [0.717, 1.165) is 12.1 Å². The van der Waals surface area contributed by atoms with Crippen LogP contribution in [0.25, 0.3) is 5.57 Å². The highest BCUT2D eigenvalue weighted by atomic mass is 19.4. The first-order valence-electron chi connectivity index (χ1n) is 5.34. The normalized spacial score (nSPS) is 12.4. The van der Waals surface area contributed by atoms with Gasteiger partial charge in [0.15, 0.2) is 0 Å². The largest absolute Gasteiger partial charge is 0.466 e. The van der Waals surface area contributed by atoms with Crippen molar-refractivity contribution in [2.45, 2.75) is 19.5 Å². The molecule has 0 N–H and O–H groups in total. The standard InChI is InChI=1S/C13H13F3O2/c1-3-9(8-12(17)18-2)10-4-6-11(7-5-10)13(14,15)16/h4-8H,3H2,1-2H3/b9-8+. The molecule has 0 saturated heterocycles. The average molecular weight is 258 g/mol. The quantitative estimate of drug-likeness (QED) is 0.610. The molecule has 0 bridgehead atoms. The molecule has 0 atom stereocenters. The maximum absolute atomic E-state index is 12.4. The van der Waals surface area contributed by atoms with Crippen molar-refractivity contribution in [3.8, 4) is 0 Å². The van der Waals surface area contributed by atoms with Gasteiger partial charge in [0.1, 0.15) is 0 Å². The van der Waals surface area contributed by atoms with Gasteiger partial charge < -0.3 is 4.74 Å². The molecule has 5 heteroatoms. The molecule has 1 rings (SSSR count). The van der Waals surface area contributed by atoms with E-state index in [4.69, 9.17) is 0 Å². The number of benzene rings is 1. The fourth-order valence-corrected chi connectivity index (χ4v) is 1.46. The molecule has 1 aromatic rings. The Bertz CT molecular complexity index is 444. The van der Waals surface area contributed by atoms with Crippen LogP contribution in [0.2, 0.25) is 0 Å². The second-order valence-corrected chi connectivity index (χ2v) is 3.62. The fraction of sp³-hybridized carbons (Fsp3) is 0.308. The van der Waals surface area contributed by atoms with E-state index in [1.165, 1.54) is 25.3 Å². The summed E-state index contributed by atoms with van der Waals surface area (Å²) in [7, 11) is 1.25. The SMILES string of the molecule is CC/C(=C\C(=O)OC)c1ccc(C(F)(F)F)cc1. The molecule has 0 saturated carbocycles. The summed E-state index contributed by atoms with van der Waals surface area (Å²) in [6, 6.07) is 4.69. The van der Waals surface area contributed by atoms with E-state index < -0.39 is 17.7 Å². The van der Waals surface area contributed by atoms with Crippen LogP contribution in [0.3, 0.4) is 0 Å². The number of allylic oxidation sites excluding steroid dienone is 1. The monoisotopic (exact) mass is 258 g/mol. The van der Waals surface area contributed by atoms with Crippen LogP contribution in [0.4, 0.5) is 13.2 Å². The number of rotatable bonds is 3. The molecule has 0 aliphatic carbocycles. The Morgan fingerprint density at radius 2 is 1.83 bits per heavy atom. The minimum atomic E-state index is -4.35. The van der Waals surface area contributed by atoms with Gasteiger partial charge in [0.05, 0.1) is 12.7 Å². The molecule has 0 aliphatic heterocycles. The summed E-state index contributed by atoms with van der Waals surface area (Å²) in [6.07, 6.45) is -2.54. The number of carbonyl (C=O) groups excluding carboxylic acids is 1. The molecule has 1 aromatic carbocycles. The summed E-state index contributed by atoms with van der Waals surface area (Å²) in [4.78, 5) is 11.1. The Kier molecular flexibility index (Phi) is 4.53. The lowest BCUT2D eigenvalue weighted by Gasteiger charge is -2.09. The van der Waals surface area contributed by atoms with Gasteiger partial charge in [-0.3, -0.25) is 0 Å². The Hall–Kier alpha value is -1.78. The van der Waals surface area contributed by atoms with E-state index in [0.29, 0.717) is 17.6 Å². The molecule has 0 aliphatic rings. The first kappa shape index (κ1) is 14.3. The summed E-state index contributed by atoms with van der Waals surface area (Å²) >= 11 is 0. The van der Waals surface area contributed by atoms with Crippen molar-refractivity contribution in [2.24, 2.45) is 0 Å². The zero-order valence-corrected chi connectivity index (χ0v) is 10.0. The molecule has 0 unspecified atom stereocenters. The second kappa shape index (κ2) is 5.71. The van der Waals surface area contributed by atoms with Crippen molar-refractivity contribution in [3.05, 3.63) is 41.5 Å². The summed E-state index contributed by atoms with van der Waals surface area (Å²) in [5, 5.41) is 0. The molecule has 0 heterocycles. The third kappa shape index (κ3) is 3.61. The predicted octanol–water partition coefficient (Wildman–Crippen LogP) is 3.67. The highest BCUT2D eigenvalue weighted by molar-refractivity contribution is 5.91. The van der Waals surface area contributed by atoms with Crippen LogP contribution in [0.1, 0.15) is 24.5 Å². The lowest BCUT2D eigenvalue weighted by molar-refractivity contribution is -0.137. The highest BCUT2D eigenvalue weighted by Gasteiger charge is 2.29. The second-order valence-electron chi connectivity index (χ2n) is 3.62. The summed E-state index contributed by atoms with van der Waals surface area (Å²) in [5.41, 5.74) is 0.506. The van der Waals surface area contributed by atoms with Gasteiger partial charge in [0, 0.05) is 6.08 Å². The van der Waals surface area contributed by atoms with Crippen molar-refractivity contribution in [3.63, 3.8) is 0 Å². The average Bonchev–Trinajstić information content (AvgIpc) is 2.34. The van der Waals surface area contributed by atoms with Crippen LogP contribution in [0, 0.1) is 0 Å². The number of methoxy groups -OCH3 is 1. The molecule has 0 spiro atoms. The topological polar surface area (TPSA) is 26.3 Å². The lowest BCUT2D eigenvalue weighted by atomic mass is 10.0. The third-order valence-electron chi connectivity index (χ3n) is 2.46. The van der Waals surface area contributed by atoms with Crippen molar-refractivity contribution in [1.29, 1.82) is 0 Å². The molecule has 0 aromatic heterocycles. The Labute approximate surface area is 103 Å². The smallest absolute Gasteiger partial charge is 0.416 e. The summed E-state index contributed by atoms with van der Waals surface area (Å²) in [5.74, 6) is -0.522. The Balaban J connectivity index is 3.03. The van der Waals surface area contributed by atoms with Gasteiger partial charge in [-0.05, 0) is 29.7 Å². The Morgan fingerprint density at radius 1 is 1.28 bits per heavy atom. The number of hydrogen-bond donors (Lipinski definition) is 0. The van der Waals surface area contributed by atoms with E-state index in [1.807, 2.05) is 6.92 Å². The van der Waals surface area contributed by atoms with Crippen LogP contribution < -0.4 is 0 Å². The molecular formula is C13H13F3O2. The number of hydrogen-bond acceptors (Lipinski definition) is 2. The van der Waals surface area contributed by atoms with Gasteiger partial charge in [-0.1, -0.05) is 19.1 Å². The van der Waals surface area contributed by atoms with E-state index >= 15 is 0 Å². The predicted molar refractivity (Wildman–Crippen MR) is 61.7 cm³/mol. The molecule has 2 nitrogen and oxygen atoms in total. The zero-order chi connectivity index (χ0) is 13.8. The molecular weight excluding hydrogens is 245 g/mol.